The molecule has 0 saturated heterocycles. The maximum Gasteiger partial charge on any atom is 0.317 e. The minimum Gasteiger partial charge on any atom is -0.336 e. The number of nitrogens with one attached hydrogen (secondary N) is 1. The van der Waals surface area contributed by atoms with Crippen molar-refractivity contribution in [2.24, 2.45) is 0 Å². The molecule has 17 heavy (non-hydrogen) atoms. The van der Waals surface area contributed by atoms with Gasteiger partial charge in [0.05, 0.1) is 5.01 Å². The second kappa shape index (κ2) is 5.49. The lowest BCUT2D eigenvalue weighted by molar-refractivity contribution is 0.193. The minimum absolute atomic E-state index is 0.0686. The molecule has 5 heteroatoms. The number of urea groups is 1. The average Bonchev–Trinajstić information content (AvgIpc) is 2.94. The van der Waals surface area contributed by atoms with Crippen LogP contribution >= 0.6 is 11.3 Å². The summed E-state index contributed by atoms with van der Waals surface area (Å²) in [6.45, 7) is 4.75. The van der Waals surface area contributed by atoms with Crippen molar-refractivity contribution < 1.29 is 4.79 Å². The second-order valence-electron chi connectivity index (χ2n) is 4.70. The van der Waals surface area contributed by atoms with Crippen molar-refractivity contribution in [1.29, 1.82) is 0 Å². The number of rotatable bonds is 5. The monoisotopic (exact) mass is 253 g/mol. The summed E-state index contributed by atoms with van der Waals surface area (Å²) in [4.78, 5) is 18.2. The summed E-state index contributed by atoms with van der Waals surface area (Å²) < 4.78 is 0. The van der Waals surface area contributed by atoms with E-state index in [4.69, 9.17) is 0 Å². The summed E-state index contributed by atoms with van der Waals surface area (Å²) in [6, 6.07) is 0.719. The third-order valence-electron chi connectivity index (χ3n) is 2.71. The van der Waals surface area contributed by atoms with Gasteiger partial charge in [-0.15, -0.1) is 11.3 Å². The van der Waals surface area contributed by atoms with Gasteiger partial charge in [0.2, 0.25) is 0 Å². The number of nitrogens with zero attached hydrogens (tertiary/aromatic N) is 2. The Bertz CT molecular complexity index is 360. The van der Waals surface area contributed by atoms with Gasteiger partial charge in [-0.25, -0.2) is 9.78 Å². The van der Waals surface area contributed by atoms with Gasteiger partial charge in [-0.2, -0.15) is 0 Å². The molecule has 94 valence electrons. The molecule has 1 saturated carbocycles. The maximum atomic E-state index is 12.0. The average molecular weight is 253 g/mol. The van der Waals surface area contributed by atoms with Gasteiger partial charge in [-0.3, -0.25) is 0 Å². The molecule has 1 heterocycles. The molecule has 0 unspecified atom stereocenters. The molecule has 0 spiro atoms. The highest BCUT2D eigenvalue weighted by molar-refractivity contribution is 7.09. The van der Waals surface area contributed by atoms with Crippen LogP contribution in [0.3, 0.4) is 0 Å². The molecule has 4 nitrogen and oxygen atoms in total. The highest BCUT2D eigenvalue weighted by Gasteiger charge is 2.32. The van der Waals surface area contributed by atoms with Crippen LogP contribution in [0.15, 0.2) is 11.6 Å². The third-order valence-corrected chi connectivity index (χ3v) is 3.55. The maximum absolute atomic E-state index is 12.0. The fourth-order valence-corrected chi connectivity index (χ4v) is 2.37. The summed E-state index contributed by atoms with van der Waals surface area (Å²) in [6.07, 6.45) is 4.96. The Morgan fingerprint density at radius 1 is 1.65 bits per heavy atom. The van der Waals surface area contributed by atoms with Crippen molar-refractivity contribution in [1.82, 2.24) is 15.2 Å². The van der Waals surface area contributed by atoms with Gasteiger partial charge in [-0.1, -0.05) is 0 Å². The number of hydrogen-bond acceptors (Lipinski definition) is 3. The first-order valence-electron chi connectivity index (χ1n) is 6.12. The smallest absolute Gasteiger partial charge is 0.317 e. The first-order valence-corrected chi connectivity index (χ1v) is 7.00. The Balaban J connectivity index is 1.86. The van der Waals surface area contributed by atoms with E-state index < -0.39 is 0 Å². The lowest BCUT2D eigenvalue weighted by Crippen LogP contribution is -2.45. The SMILES string of the molecule is CC(C)NC(=O)N(CCc1nccs1)C1CC1. The van der Waals surface area contributed by atoms with E-state index >= 15 is 0 Å². The number of amides is 2. The van der Waals surface area contributed by atoms with E-state index in [1.165, 1.54) is 0 Å². The van der Waals surface area contributed by atoms with Gasteiger partial charge in [-0.05, 0) is 26.7 Å². The van der Waals surface area contributed by atoms with E-state index in [-0.39, 0.29) is 12.1 Å². The van der Waals surface area contributed by atoms with Crippen LogP contribution in [0.2, 0.25) is 0 Å². The molecule has 1 aliphatic carbocycles. The topological polar surface area (TPSA) is 45.2 Å². The van der Waals surface area contributed by atoms with Crippen LogP contribution in [-0.2, 0) is 6.42 Å². The Labute approximate surface area is 106 Å². The molecule has 0 aliphatic heterocycles. The van der Waals surface area contributed by atoms with E-state index in [1.807, 2.05) is 30.3 Å². The molecule has 0 bridgehead atoms. The van der Waals surface area contributed by atoms with Crippen molar-refractivity contribution in [3.05, 3.63) is 16.6 Å². The van der Waals surface area contributed by atoms with E-state index in [0.717, 1.165) is 30.8 Å². The van der Waals surface area contributed by atoms with Gasteiger partial charge in [0, 0.05) is 36.6 Å². The standard InChI is InChI=1S/C12H19N3OS/c1-9(2)14-12(16)15(10-3-4-10)7-5-11-13-6-8-17-11/h6,8-10H,3-5,7H2,1-2H3,(H,14,16). The predicted molar refractivity (Wildman–Crippen MR) is 69.2 cm³/mol. The molecule has 2 rings (SSSR count). The summed E-state index contributed by atoms with van der Waals surface area (Å²) in [5.74, 6) is 0. The zero-order valence-electron chi connectivity index (χ0n) is 10.3. The van der Waals surface area contributed by atoms with Gasteiger partial charge in [0.25, 0.3) is 0 Å². The van der Waals surface area contributed by atoms with Gasteiger partial charge < -0.3 is 10.2 Å². The Hall–Kier alpha value is -1.10. The highest BCUT2D eigenvalue weighted by atomic mass is 32.1. The Morgan fingerprint density at radius 2 is 2.41 bits per heavy atom. The highest BCUT2D eigenvalue weighted by Crippen LogP contribution is 2.27. The third kappa shape index (κ3) is 3.70. The second-order valence-corrected chi connectivity index (χ2v) is 5.68. The number of hydrogen-bond donors (Lipinski definition) is 1. The van der Waals surface area contributed by atoms with Crippen LogP contribution in [0.5, 0.6) is 0 Å². The number of carbonyl (C=O) groups excluding carboxylic acids is 1. The molecule has 0 aromatic carbocycles. The fourth-order valence-electron chi connectivity index (χ4n) is 1.76. The van der Waals surface area contributed by atoms with Crippen LogP contribution < -0.4 is 5.32 Å². The van der Waals surface area contributed by atoms with Gasteiger partial charge in [0.1, 0.15) is 0 Å². The van der Waals surface area contributed by atoms with Crippen LogP contribution in [-0.4, -0.2) is 34.5 Å². The van der Waals surface area contributed by atoms with E-state index in [9.17, 15) is 4.79 Å². The molecule has 1 aromatic rings. The normalized spacial score (nSPS) is 15.0. The molecule has 1 aliphatic rings. The molecule has 0 radical (unpaired) electrons. The molecular formula is C12H19N3OS. The van der Waals surface area contributed by atoms with E-state index in [1.54, 1.807) is 11.3 Å². The molecule has 0 atom stereocenters. The van der Waals surface area contributed by atoms with E-state index in [2.05, 4.69) is 10.3 Å². The summed E-state index contributed by atoms with van der Waals surface area (Å²) in [5.41, 5.74) is 0. The Kier molecular flexibility index (Phi) is 3.99. The fraction of sp³-hybridized carbons (Fsp3) is 0.667. The molecule has 1 aromatic heterocycles. The van der Waals surface area contributed by atoms with E-state index in [0.29, 0.717) is 6.04 Å². The summed E-state index contributed by atoms with van der Waals surface area (Å²) in [5, 5.41) is 6.05. The zero-order chi connectivity index (χ0) is 12.3. The van der Waals surface area contributed by atoms with Crippen molar-refractivity contribution >= 4 is 17.4 Å². The van der Waals surface area contributed by atoms with Crippen LogP contribution in [0.1, 0.15) is 31.7 Å². The van der Waals surface area contributed by atoms with Gasteiger partial charge in [0.15, 0.2) is 0 Å². The molecule has 1 N–H and O–H groups in total. The largest absolute Gasteiger partial charge is 0.336 e. The predicted octanol–water partition coefficient (Wildman–Crippen LogP) is 2.27. The van der Waals surface area contributed by atoms with Crippen molar-refractivity contribution in [3.63, 3.8) is 0 Å². The lowest BCUT2D eigenvalue weighted by Gasteiger charge is -2.23. The summed E-state index contributed by atoms with van der Waals surface area (Å²) >= 11 is 1.65. The van der Waals surface area contributed by atoms with Crippen LogP contribution in [0.4, 0.5) is 4.79 Å². The molecular weight excluding hydrogens is 234 g/mol. The number of thiazole rings is 1. The van der Waals surface area contributed by atoms with Crippen LogP contribution in [0, 0.1) is 0 Å². The van der Waals surface area contributed by atoms with Gasteiger partial charge >= 0.3 is 6.03 Å². The van der Waals surface area contributed by atoms with Crippen molar-refractivity contribution in [2.45, 2.75) is 45.2 Å². The minimum atomic E-state index is 0.0686. The lowest BCUT2D eigenvalue weighted by atomic mass is 10.3. The van der Waals surface area contributed by atoms with Crippen LogP contribution in [0.25, 0.3) is 0 Å². The molecule has 2 amide bonds. The first kappa shape index (κ1) is 12.4. The summed E-state index contributed by atoms with van der Waals surface area (Å²) in [7, 11) is 0. The molecule has 1 fully saturated rings. The Morgan fingerprint density at radius 3 is 2.94 bits per heavy atom. The zero-order valence-corrected chi connectivity index (χ0v) is 11.2. The first-order chi connectivity index (χ1) is 8.16. The van der Waals surface area contributed by atoms with Crippen molar-refractivity contribution in [2.75, 3.05) is 6.54 Å². The quantitative estimate of drug-likeness (QED) is 0.875. The van der Waals surface area contributed by atoms with Crippen molar-refractivity contribution in [3.8, 4) is 0 Å². The number of carbonyl (C=O) groups is 1. The number of aromatic nitrogens is 1.